The van der Waals surface area contributed by atoms with Crippen LogP contribution in [-0.4, -0.2) is 164 Å². The molecule has 20 rings (SSSR count). The maximum Gasteiger partial charge on any atom is 0.573 e. The fraction of sp³-hybridized carbons (Fsp3) is 0.434. The lowest BCUT2D eigenvalue weighted by molar-refractivity contribution is -0.274. The van der Waals surface area contributed by atoms with Crippen LogP contribution in [0, 0.1) is 30.6 Å². The van der Waals surface area contributed by atoms with Gasteiger partial charge in [0.05, 0.1) is 93.4 Å². The van der Waals surface area contributed by atoms with Gasteiger partial charge >= 0.3 is 18.7 Å². The summed E-state index contributed by atoms with van der Waals surface area (Å²) in [6.45, 7) is 17.2. The van der Waals surface area contributed by atoms with E-state index < -0.39 is 52.2 Å². The highest BCUT2D eigenvalue weighted by Gasteiger charge is 2.39. The fourth-order valence-electron chi connectivity index (χ4n) is 19.8. The average Bonchev–Trinajstić information content (AvgIpc) is 2.00. The number of aromatic nitrogens is 15. The molecule has 0 radical (unpaired) electrons. The Balaban J connectivity index is 0.000000128. The zero-order chi connectivity index (χ0) is 101. The van der Waals surface area contributed by atoms with Crippen LogP contribution in [0.25, 0.3) is 84.4 Å². The van der Waals surface area contributed by atoms with E-state index in [-0.39, 0.29) is 41.8 Å². The number of benzene rings is 5. The van der Waals surface area contributed by atoms with Crippen molar-refractivity contribution in [3.8, 4) is 61.9 Å². The summed E-state index contributed by atoms with van der Waals surface area (Å²) < 4.78 is 128. The third kappa shape index (κ3) is 26.3. The molecule has 5 saturated carbocycles. The van der Waals surface area contributed by atoms with E-state index in [0.717, 1.165) is 198 Å². The van der Waals surface area contributed by atoms with Crippen LogP contribution in [0.3, 0.4) is 0 Å². The lowest BCUT2D eigenvalue weighted by Crippen LogP contribution is -2.37. The van der Waals surface area contributed by atoms with E-state index in [0.29, 0.717) is 97.1 Å². The fourth-order valence-corrected chi connectivity index (χ4v) is 20.0. The molecule has 0 aliphatic heterocycles. The summed E-state index contributed by atoms with van der Waals surface area (Å²) in [7, 11) is 0. The molecular formula is C106H122ClF9N20O6. The van der Waals surface area contributed by atoms with Gasteiger partial charge in [-0.05, 0) is 323 Å². The van der Waals surface area contributed by atoms with Crippen LogP contribution in [0.5, 0.6) is 5.75 Å². The third-order valence-corrected chi connectivity index (χ3v) is 28.2. The number of hydrogen-bond donors (Lipinski definition) is 10. The molecule has 0 amide bonds. The number of fused-ring (bicyclic) bond motifs is 5. The summed E-state index contributed by atoms with van der Waals surface area (Å²) in [6.07, 6.45) is 15.6. The van der Waals surface area contributed by atoms with E-state index in [1.54, 1.807) is 50.1 Å². The van der Waals surface area contributed by atoms with Crippen molar-refractivity contribution in [1.29, 1.82) is 0 Å². The van der Waals surface area contributed by atoms with Crippen molar-refractivity contribution in [3.63, 3.8) is 0 Å². The number of imidazole rings is 4. The predicted octanol–water partition coefficient (Wildman–Crippen LogP) is 23.6. The van der Waals surface area contributed by atoms with E-state index in [2.05, 4.69) is 103 Å². The van der Waals surface area contributed by atoms with E-state index in [1.165, 1.54) is 48.3 Å². The monoisotopic (exact) mass is 1980 g/mol. The van der Waals surface area contributed by atoms with Crippen LogP contribution in [0.1, 0.15) is 200 Å². The van der Waals surface area contributed by atoms with Crippen molar-refractivity contribution in [3.05, 3.63) is 235 Å². The minimum atomic E-state index is -4.75. The SMILES string of the molecule is CC(C)(O)C1CCC(Nc2ccc3ncc(-c4cccc(C(F)(F)F)c4)n3n2)CC1.CC(C)(O)C1CCC(Nc2ccc3ncc(-c4cccc(Cl)c4)n3n2)CC1.CC(C)(O)C1CCC(Nc2ccc3ncc(-c4cccc(OC(F)(F)F)c4)n3n2)CC1.Cc1cccc(-c2cnn3ccc(NC4CCC(C(C)(C)O)CC4)nc23)c1.OC1CCC(Nc2ccc3ncc(-c4cccc(C(F)(F)F)c4)n3n2)CC1. The number of alkyl halides is 9. The molecule has 36 heteroatoms. The van der Waals surface area contributed by atoms with E-state index in [1.807, 2.05) is 150 Å². The van der Waals surface area contributed by atoms with E-state index in [9.17, 15) is 65.0 Å². The highest BCUT2D eigenvalue weighted by atomic mass is 35.5. The second kappa shape index (κ2) is 42.9. The largest absolute Gasteiger partial charge is 0.573 e. The minimum absolute atomic E-state index is 0.221. The summed E-state index contributed by atoms with van der Waals surface area (Å²) in [5.41, 5.74) is 7.71. The molecule has 15 aromatic rings. The Morgan fingerprint density at radius 3 is 1.00 bits per heavy atom. The average molecular weight is 1980 g/mol. The summed E-state index contributed by atoms with van der Waals surface area (Å²) in [4.78, 5) is 22.1. The van der Waals surface area contributed by atoms with E-state index >= 15 is 0 Å². The van der Waals surface area contributed by atoms with Gasteiger partial charge in [0.1, 0.15) is 34.8 Å². The van der Waals surface area contributed by atoms with E-state index in [4.69, 9.17) is 21.7 Å². The zero-order valence-corrected chi connectivity index (χ0v) is 81.5. The number of ether oxygens (including phenoxy) is 1. The van der Waals surface area contributed by atoms with Gasteiger partial charge in [-0.1, -0.05) is 90.0 Å². The first-order valence-corrected chi connectivity index (χ1v) is 49.0. The second-order valence-electron chi connectivity index (χ2n) is 40.3. The highest BCUT2D eigenvalue weighted by molar-refractivity contribution is 6.30. The van der Waals surface area contributed by atoms with Crippen LogP contribution < -0.4 is 31.3 Å². The Morgan fingerprint density at radius 1 is 0.345 bits per heavy atom. The Morgan fingerprint density at radius 2 is 0.662 bits per heavy atom. The Hall–Kier alpha value is -12.5. The summed E-state index contributed by atoms with van der Waals surface area (Å²) in [6, 6.07) is 50.6. The molecule has 10 heterocycles. The number of nitrogens with zero attached hydrogens (tertiary/aromatic N) is 15. The van der Waals surface area contributed by atoms with Gasteiger partial charge in [-0.2, -0.15) is 31.4 Å². The van der Waals surface area contributed by atoms with Crippen molar-refractivity contribution in [2.75, 3.05) is 26.6 Å². The number of rotatable bonds is 20. The summed E-state index contributed by atoms with van der Waals surface area (Å²) in [5, 5.41) is 91.5. The first kappa shape index (κ1) is 102. The van der Waals surface area contributed by atoms with Crippen LogP contribution in [0.4, 0.5) is 68.6 Å². The van der Waals surface area contributed by atoms with Crippen LogP contribution in [0.15, 0.2) is 213 Å². The molecule has 0 atom stereocenters. The molecule has 142 heavy (non-hydrogen) atoms. The van der Waals surface area contributed by atoms with Gasteiger partial charge in [-0.15, -0.1) is 33.6 Å². The first-order valence-electron chi connectivity index (χ1n) is 48.6. The Labute approximate surface area is 822 Å². The smallest absolute Gasteiger partial charge is 0.406 e. The van der Waals surface area contributed by atoms with Gasteiger partial charge < -0.3 is 56.9 Å². The number of nitrogens with one attached hydrogen (secondary N) is 5. The molecule has 0 saturated heterocycles. The predicted molar refractivity (Wildman–Crippen MR) is 533 cm³/mol. The van der Waals surface area contributed by atoms with Crippen molar-refractivity contribution in [2.45, 2.75) is 268 Å². The highest BCUT2D eigenvalue weighted by Crippen LogP contribution is 2.42. The standard InChI is InChI=1S/C22H25F3N4O2.C22H25F3N4O.C22H28N4O.C21H25ClN4O.C19H19F3N4O/c1-21(2,30)15-6-8-16(9-7-15)27-19-10-11-20-26-13-18(29(20)28-19)14-4-3-5-17(12-14)31-22(23,24)25;1-21(2,30)15-6-8-17(9-7-15)27-19-10-11-20-26-13-18(29(20)28-19)14-4-3-5-16(12-14)22(23,24)25;1-15-5-4-6-16(13-15)19-14-23-26-12-11-20(25-21(19)26)24-18-9-7-17(8-10-18)22(2,3)27;1-21(2,27)15-6-8-17(9-7-15)24-19-10-11-20-23-13-18(26(20)25-19)14-4-3-5-16(22)12-14;20-19(21,22)13-3-1-2-12(10-13)16-11-23-18-9-8-17(25-26(16)18)24-14-4-6-15(27)7-5-14/h3-5,10-13,15-16,30H,6-9H2,1-2H3,(H,27,28);3-5,10-13,15,17,30H,6-9H2,1-2H3,(H,27,28);4-6,11-14,17-18,27H,7-10H2,1-3H3,(H,24,25);3-5,10-13,15,17,27H,6-9H2,1-2H3,(H,24,25);1-3,8-11,14-15,27H,4-7H2,(H,24,25). The number of aryl methyl sites for hydroxylation is 1. The van der Waals surface area contributed by atoms with Gasteiger partial charge in [0, 0.05) is 69.2 Å². The molecule has 0 unspecified atom stereocenters. The number of hydrogen-bond acceptors (Lipinski definition) is 21. The van der Waals surface area contributed by atoms with Gasteiger partial charge in [0.25, 0.3) is 0 Å². The van der Waals surface area contributed by atoms with Crippen molar-refractivity contribution in [1.82, 2.24) is 73.0 Å². The van der Waals surface area contributed by atoms with Gasteiger partial charge in [0.15, 0.2) is 28.2 Å². The van der Waals surface area contributed by atoms with Crippen LogP contribution in [-0.2, 0) is 12.4 Å². The maximum absolute atomic E-state index is 13.1. The lowest BCUT2D eigenvalue weighted by Gasteiger charge is -2.36. The molecule has 5 aliphatic carbocycles. The quantitative estimate of drug-likeness (QED) is 0.0317. The molecule has 0 bridgehead atoms. The molecule has 0 spiro atoms. The van der Waals surface area contributed by atoms with Crippen molar-refractivity contribution >= 4 is 68.9 Å². The number of aliphatic hydroxyl groups is 5. The Kier molecular flexibility index (Phi) is 31.0. The minimum Gasteiger partial charge on any atom is -0.406 e. The second-order valence-corrected chi connectivity index (χ2v) is 40.8. The van der Waals surface area contributed by atoms with Crippen LogP contribution in [0.2, 0.25) is 5.02 Å². The molecule has 10 N–H and O–H groups in total. The number of halogens is 10. The number of anilines is 5. The molecule has 5 aliphatic rings. The summed E-state index contributed by atoms with van der Waals surface area (Å²) >= 11 is 6.14. The molecular weight excluding hydrogens is 1860 g/mol. The molecule has 5 aromatic carbocycles. The molecule has 26 nitrogen and oxygen atoms in total. The number of aliphatic hydroxyl groups excluding tert-OH is 1. The lowest BCUT2D eigenvalue weighted by atomic mass is 9.77. The molecule has 10 aromatic heterocycles. The topological polar surface area (TPSA) is 321 Å². The van der Waals surface area contributed by atoms with Gasteiger partial charge in [-0.3, -0.25) is 0 Å². The maximum atomic E-state index is 13.1. The van der Waals surface area contributed by atoms with Crippen molar-refractivity contribution < 1.29 is 69.8 Å². The molecule has 752 valence electrons. The Bertz CT molecular complexity index is 6620. The first-order chi connectivity index (χ1) is 67.4. The van der Waals surface area contributed by atoms with Gasteiger partial charge in [-0.25, -0.2) is 47.5 Å². The molecule has 5 fully saturated rings. The third-order valence-electron chi connectivity index (χ3n) is 28.0. The van der Waals surface area contributed by atoms with Crippen LogP contribution >= 0.6 is 11.6 Å². The van der Waals surface area contributed by atoms with Gasteiger partial charge in [0.2, 0.25) is 0 Å². The summed E-state index contributed by atoms with van der Waals surface area (Å²) in [5.74, 6) is 4.72. The normalized spacial score (nSPS) is 20.5. The zero-order valence-electron chi connectivity index (χ0n) is 80.8. The van der Waals surface area contributed by atoms with Crippen molar-refractivity contribution in [2.24, 2.45) is 23.7 Å².